The van der Waals surface area contributed by atoms with E-state index in [1.807, 2.05) is 25.1 Å². The maximum atomic E-state index is 11.2. The van der Waals surface area contributed by atoms with Gasteiger partial charge in [0.05, 0.1) is 0 Å². The fourth-order valence-corrected chi connectivity index (χ4v) is 1.78. The van der Waals surface area contributed by atoms with Crippen LogP contribution in [0.5, 0.6) is 0 Å². The second-order valence-corrected chi connectivity index (χ2v) is 3.39. The van der Waals surface area contributed by atoms with Crippen molar-refractivity contribution in [3.05, 3.63) is 29.3 Å². The van der Waals surface area contributed by atoms with E-state index in [-0.39, 0.29) is 11.9 Å². The molecule has 2 rings (SSSR count). The maximum absolute atomic E-state index is 11.2. The zero-order valence-corrected chi connectivity index (χ0v) is 7.50. The van der Waals surface area contributed by atoms with Gasteiger partial charge in [0.15, 0.2) is 0 Å². The van der Waals surface area contributed by atoms with Crippen molar-refractivity contribution in [2.24, 2.45) is 5.73 Å². The summed E-state index contributed by atoms with van der Waals surface area (Å²) in [5, 5.41) is 2.81. The molecule has 0 bridgehead atoms. The third-order valence-corrected chi connectivity index (χ3v) is 2.37. The predicted molar refractivity (Wildman–Crippen MR) is 51.4 cm³/mol. The Bertz CT molecular complexity index is 360. The normalized spacial score (nSPS) is 20.8. The lowest BCUT2D eigenvalue weighted by molar-refractivity contribution is -0.116. The lowest BCUT2D eigenvalue weighted by Crippen LogP contribution is -2.27. The molecule has 1 aromatic rings. The first-order valence-corrected chi connectivity index (χ1v) is 4.33. The first-order chi connectivity index (χ1) is 6.18. The number of carbonyl (C=O) groups excluding carboxylic acids is 1. The van der Waals surface area contributed by atoms with Crippen molar-refractivity contribution in [3.63, 3.8) is 0 Å². The summed E-state index contributed by atoms with van der Waals surface area (Å²) in [5.74, 6) is 0.00519. The van der Waals surface area contributed by atoms with E-state index in [4.69, 9.17) is 5.73 Å². The number of anilines is 1. The van der Waals surface area contributed by atoms with Crippen LogP contribution in [0.2, 0.25) is 0 Å². The van der Waals surface area contributed by atoms with Gasteiger partial charge in [-0.05, 0) is 24.1 Å². The molecule has 1 amide bonds. The number of fused-ring (bicyclic) bond motifs is 1. The van der Waals surface area contributed by atoms with Gasteiger partial charge in [-0.15, -0.1) is 0 Å². The highest BCUT2D eigenvalue weighted by Gasteiger charge is 2.22. The van der Waals surface area contributed by atoms with Crippen molar-refractivity contribution in [1.29, 1.82) is 0 Å². The molecule has 0 saturated heterocycles. The Morgan fingerprint density at radius 3 is 3.08 bits per heavy atom. The van der Waals surface area contributed by atoms with Gasteiger partial charge in [-0.1, -0.05) is 12.1 Å². The molecule has 0 saturated carbocycles. The molecule has 0 aromatic heterocycles. The molecule has 1 atom stereocenters. The number of nitrogens with two attached hydrogens (primary N) is 1. The zero-order chi connectivity index (χ0) is 9.42. The van der Waals surface area contributed by atoms with Gasteiger partial charge >= 0.3 is 0 Å². The van der Waals surface area contributed by atoms with Gasteiger partial charge in [-0.3, -0.25) is 4.79 Å². The molecule has 68 valence electrons. The van der Waals surface area contributed by atoms with Gasteiger partial charge in [0, 0.05) is 18.2 Å². The van der Waals surface area contributed by atoms with Gasteiger partial charge in [-0.2, -0.15) is 0 Å². The molecule has 3 nitrogen and oxygen atoms in total. The Morgan fingerprint density at radius 2 is 2.31 bits per heavy atom. The molecule has 3 heteroatoms. The van der Waals surface area contributed by atoms with E-state index in [1.165, 1.54) is 0 Å². The summed E-state index contributed by atoms with van der Waals surface area (Å²) in [5.41, 5.74) is 8.96. The van der Waals surface area contributed by atoms with Gasteiger partial charge in [0.1, 0.15) is 0 Å². The molecule has 1 aromatic carbocycles. The third kappa shape index (κ3) is 1.31. The van der Waals surface area contributed by atoms with Crippen LogP contribution >= 0.6 is 0 Å². The van der Waals surface area contributed by atoms with Crippen molar-refractivity contribution in [2.75, 3.05) is 5.32 Å². The summed E-state index contributed by atoms with van der Waals surface area (Å²) in [6.07, 6.45) is 0.387. The minimum Gasteiger partial charge on any atom is -0.326 e. The predicted octanol–water partition coefficient (Wildman–Crippen LogP) is 1.34. The first kappa shape index (κ1) is 8.26. The largest absolute Gasteiger partial charge is 0.326 e. The number of hydrogen-bond acceptors (Lipinski definition) is 2. The number of aryl methyl sites for hydroxylation is 1. The van der Waals surface area contributed by atoms with Crippen LogP contribution in [0.3, 0.4) is 0 Å². The molecular weight excluding hydrogens is 164 g/mol. The maximum Gasteiger partial charge on any atom is 0.226 e. The van der Waals surface area contributed by atoms with Gasteiger partial charge in [0.2, 0.25) is 5.91 Å². The monoisotopic (exact) mass is 176 g/mol. The van der Waals surface area contributed by atoms with Crippen molar-refractivity contribution in [3.8, 4) is 0 Å². The summed E-state index contributed by atoms with van der Waals surface area (Å²) < 4.78 is 0. The average Bonchev–Trinajstić information content (AvgIpc) is 2.02. The standard InChI is InChI=1S/C10H12N2O/c1-6-3-2-4-8-10(6)7(11)5-9(13)12-8/h2-4,7H,5,11H2,1H3,(H,12,13). The third-order valence-electron chi connectivity index (χ3n) is 2.37. The van der Waals surface area contributed by atoms with E-state index >= 15 is 0 Å². The van der Waals surface area contributed by atoms with Gasteiger partial charge in [0.25, 0.3) is 0 Å². The molecule has 0 fully saturated rings. The molecule has 0 radical (unpaired) electrons. The molecule has 0 spiro atoms. The summed E-state index contributed by atoms with van der Waals surface area (Å²) in [4.78, 5) is 11.2. The highest BCUT2D eigenvalue weighted by atomic mass is 16.1. The molecule has 0 aliphatic carbocycles. The Hall–Kier alpha value is -1.35. The summed E-state index contributed by atoms with van der Waals surface area (Å²) >= 11 is 0. The van der Waals surface area contributed by atoms with Crippen molar-refractivity contribution < 1.29 is 4.79 Å². The highest BCUT2D eigenvalue weighted by molar-refractivity contribution is 5.94. The fourth-order valence-electron chi connectivity index (χ4n) is 1.78. The molecule has 1 aliphatic rings. The average molecular weight is 176 g/mol. The SMILES string of the molecule is Cc1cccc2c1C(N)CC(=O)N2. The Kier molecular flexibility index (Phi) is 1.81. The van der Waals surface area contributed by atoms with E-state index in [2.05, 4.69) is 5.32 Å². The van der Waals surface area contributed by atoms with Crippen LogP contribution in [0, 0.1) is 6.92 Å². The topological polar surface area (TPSA) is 55.1 Å². The van der Waals surface area contributed by atoms with E-state index in [1.54, 1.807) is 0 Å². The lowest BCUT2D eigenvalue weighted by Gasteiger charge is -2.24. The van der Waals surface area contributed by atoms with E-state index in [0.29, 0.717) is 6.42 Å². The second kappa shape index (κ2) is 2.85. The van der Waals surface area contributed by atoms with Crippen LogP contribution in [-0.4, -0.2) is 5.91 Å². The minimum atomic E-state index is -0.148. The smallest absolute Gasteiger partial charge is 0.226 e. The number of amides is 1. The summed E-state index contributed by atoms with van der Waals surface area (Å²) in [6, 6.07) is 5.67. The Balaban J connectivity index is 2.55. The molecule has 3 N–H and O–H groups in total. The Labute approximate surface area is 76.9 Å². The van der Waals surface area contributed by atoms with Crippen LogP contribution in [-0.2, 0) is 4.79 Å². The van der Waals surface area contributed by atoms with Crippen LogP contribution in [0.15, 0.2) is 18.2 Å². The van der Waals surface area contributed by atoms with Crippen LogP contribution in [0.25, 0.3) is 0 Å². The van der Waals surface area contributed by atoms with Crippen molar-refractivity contribution >= 4 is 11.6 Å². The quantitative estimate of drug-likeness (QED) is 0.626. The summed E-state index contributed by atoms with van der Waals surface area (Å²) in [6.45, 7) is 2.01. The van der Waals surface area contributed by atoms with Crippen molar-refractivity contribution in [2.45, 2.75) is 19.4 Å². The van der Waals surface area contributed by atoms with Gasteiger partial charge in [-0.25, -0.2) is 0 Å². The minimum absolute atomic E-state index is 0.00519. The number of hydrogen-bond donors (Lipinski definition) is 2. The Morgan fingerprint density at radius 1 is 1.54 bits per heavy atom. The van der Waals surface area contributed by atoms with E-state index < -0.39 is 0 Å². The van der Waals surface area contributed by atoms with Crippen molar-refractivity contribution in [1.82, 2.24) is 0 Å². The lowest BCUT2D eigenvalue weighted by atomic mass is 9.94. The summed E-state index contributed by atoms with van der Waals surface area (Å²) in [7, 11) is 0. The number of benzene rings is 1. The highest BCUT2D eigenvalue weighted by Crippen LogP contribution is 2.30. The molecule has 1 heterocycles. The molecule has 1 unspecified atom stereocenters. The van der Waals surface area contributed by atoms with Crippen LogP contribution < -0.4 is 11.1 Å². The second-order valence-electron chi connectivity index (χ2n) is 3.39. The van der Waals surface area contributed by atoms with E-state index in [9.17, 15) is 4.79 Å². The molecular formula is C10H12N2O. The number of carbonyl (C=O) groups is 1. The first-order valence-electron chi connectivity index (χ1n) is 4.33. The van der Waals surface area contributed by atoms with Crippen LogP contribution in [0.4, 0.5) is 5.69 Å². The van der Waals surface area contributed by atoms with Crippen LogP contribution in [0.1, 0.15) is 23.6 Å². The molecule has 1 aliphatic heterocycles. The van der Waals surface area contributed by atoms with E-state index in [0.717, 1.165) is 16.8 Å². The van der Waals surface area contributed by atoms with Gasteiger partial charge < -0.3 is 11.1 Å². The number of nitrogens with one attached hydrogen (secondary N) is 1. The molecule has 13 heavy (non-hydrogen) atoms. The fraction of sp³-hybridized carbons (Fsp3) is 0.300. The zero-order valence-electron chi connectivity index (χ0n) is 7.50. The number of rotatable bonds is 0.